The molecule has 61 heavy (non-hydrogen) atoms. The van der Waals surface area contributed by atoms with Crippen molar-refractivity contribution < 1.29 is 0 Å². The van der Waals surface area contributed by atoms with Gasteiger partial charge in [0.1, 0.15) is 0 Å². The molecule has 0 N–H and O–H groups in total. The maximum absolute atomic E-state index is 2.44. The maximum atomic E-state index is 2.44. The Morgan fingerprint density at radius 2 is 0.721 bits per heavy atom. The third-order valence-corrected chi connectivity index (χ3v) is 14.7. The summed E-state index contributed by atoms with van der Waals surface area (Å²) in [7, 11) is 0. The van der Waals surface area contributed by atoms with E-state index in [-0.39, 0.29) is 5.41 Å². The minimum Gasteiger partial charge on any atom is -0.311 e. The fraction of sp³-hybridized carbons (Fsp3) is 0.0526. The highest BCUT2D eigenvalue weighted by Gasteiger charge is 2.39. The van der Waals surface area contributed by atoms with E-state index in [9.17, 15) is 0 Å². The van der Waals surface area contributed by atoms with Crippen LogP contribution >= 0.6 is 23.5 Å². The molecule has 0 amide bonds. The quantitative estimate of drug-likeness (QED) is 0.151. The van der Waals surface area contributed by atoms with Gasteiger partial charge in [0.25, 0.3) is 0 Å². The van der Waals surface area contributed by atoms with E-state index in [4.69, 9.17) is 0 Å². The Balaban J connectivity index is 0.943. The van der Waals surface area contributed by atoms with E-state index in [1.807, 2.05) is 23.5 Å². The van der Waals surface area contributed by atoms with E-state index in [2.05, 4.69) is 242 Å². The molecule has 1 heterocycles. The van der Waals surface area contributed by atoms with Crippen LogP contribution in [0.2, 0.25) is 0 Å². The van der Waals surface area contributed by atoms with Crippen molar-refractivity contribution in [3.8, 4) is 33.4 Å². The first kappa shape index (κ1) is 37.3. The van der Waals surface area contributed by atoms with Gasteiger partial charge in [0.05, 0.1) is 0 Å². The summed E-state index contributed by atoms with van der Waals surface area (Å²) in [6.45, 7) is 4.81. The molecule has 0 radical (unpaired) electrons. The normalized spacial score (nSPS) is 13.1. The van der Waals surface area contributed by atoms with Crippen molar-refractivity contribution in [1.29, 1.82) is 0 Å². The lowest BCUT2D eigenvalue weighted by Gasteiger charge is -2.28. The highest BCUT2D eigenvalue weighted by atomic mass is 32.2. The molecule has 0 bridgehead atoms. The highest BCUT2D eigenvalue weighted by molar-refractivity contribution is 8.05. The minimum atomic E-state index is -0.128. The zero-order valence-corrected chi connectivity index (χ0v) is 35.6. The molecular formula is C57H42N2S2. The summed E-state index contributed by atoms with van der Waals surface area (Å²) in [5.74, 6) is 0. The molecule has 0 aromatic heterocycles. The molecule has 0 atom stereocenters. The molecule has 0 spiro atoms. The van der Waals surface area contributed by atoms with Gasteiger partial charge in [-0.2, -0.15) is 0 Å². The van der Waals surface area contributed by atoms with Crippen molar-refractivity contribution in [3.05, 3.63) is 230 Å². The van der Waals surface area contributed by atoms with Crippen LogP contribution in [0.25, 0.3) is 33.4 Å². The predicted molar refractivity (Wildman–Crippen MR) is 259 cm³/mol. The zero-order valence-electron chi connectivity index (χ0n) is 34.0. The van der Waals surface area contributed by atoms with E-state index in [0.29, 0.717) is 0 Å². The molecule has 4 heteroatoms. The van der Waals surface area contributed by atoms with Crippen molar-refractivity contribution >= 4 is 57.6 Å². The summed E-state index contributed by atoms with van der Waals surface area (Å²) >= 11 is 3.83. The first-order valence-corrected chi connectivity index (χ1v) is 22.5. The molecule has 0 fully saturated rings. The Morgan fingerprint density at radius 1 is 0.328 bits per heavy atom. The van der Waals surface area contributed by atoms with Crippen LogP contribution in [0.5, 0.6) is 0 Å². The number of nitrogens with zero attached hydrogens (tertiary/aromatic N) is 2. The molecule has 9 aromatic carbocycles. The van der Waals surface area contributed by atoms with Gasteiger partial charge in [-0.3, -0.25) is 0 Å². The third-order valence-electron chi connectivity index (χ3n) is 12.1. The molecule has 1 aliphatic heterocycles. The fourth-order valence-corrected chi connectivity index (χ4v) is 11.6. The fourth-order valence-electron chi connectivity index (χ4n) is 9.08. The topological polar surface area (TPSA) is 6.48 Å². The summed E-state index contributed by atoms with van der Waals surface area (Å²) in [5.41, 5.74) is 16.9. The van der Waals surface area contributed by atoms with Crippen molar-refractivity contribution in [1.82, 2.24) is 0 Å². The molecule has 11 rings (SSSR count). The van der Waals surface area contributed by atoms with Gasteiger partial charge >= 0.3 is 0 Å². The van der Waals surface area contributed by atoms with Crippen LogP contribution in [-0.4, -0.2) is 0 Å². The first-order valence-electron chi connectivity index (χ1n) is 20.8. The Morgan fingerprint density at radius 3 is 1.26 bits per heavy atom. The Hall–Kier alpha value is -6.72. The number of benzene rings is 9. The van der Waals surface area contributed by atoms with Crippen molar-refractivity contribution in [2.75, 3.05) is 9.80 Å². The standard InChI is InChI=1S/C57H42N2S2/c1-57(2)51-38-42(26-35-49(51)50-36-37-54-56(55(50)57)61-53-21-13-12-20-52(53)60-54)41-24-29-46(30-25-41)59(45-27-22-40(23-28-45)39-14-6-3-7-15-39)48-33-31-47(32-34-48)58(43-16-8-4-9-17-43)44-18-10-5-11-19-44/h3-38H,1-2H3. The average molecular weight is 819 g/mol. The molecule has 2 nitrogen and oxygen atoms in total. The number of para-hydroxylation sites is 2. The molecular weight excluding hydrogens is 777 g/mol. The lowest BCUT2D eigenvalue weighted by Crippen LogP contribution is -2.17. The summed E-state index contributed by atoms with van der Waals surface area (Å²) in [6.07, 6.45) is 0. The molecule has 1 aliphatic carbocycles. The summed E-state index contributed by atoms with van der Waals surface area (Å²) < 4.78 is 0. The van der Waals surface area contributed by atoms with Crippen LogP contribution < -0.4 is 9.80 Å². The number of fused-ring (bicyclic) bond motifs is 6. The van der Waals surface area contributed by atoms with Crippen molar-refractivity contribution in [2.45, 2.75) is 38.8 Å². The van der Waals surface area contributed by atoms with E-state index in [0.717, 1.165) is 34.1 Å². The van der Waals surface area contributed by atoms with Gasteiger partial charge in [-0.15, -0.1) is 0 Å². The van der Waals surface area contributed by atoms with E-state index in [1.54, 1.807) is 0 Å². The monoisotopic (exact) mass is 818 g/mol. The van der Waals surface area contributed by atoms with Crippen molar-refractivity contribution in [2.24, 2.45) is 0 Å². The smallest absolute Gasteiger partial charge is 0.0463 e. The van der Waals surface area contributed by atoms with Crippen LogP contribution in [0.4, 0.5) is 34.1 Å². The van der Waals surface area contributed by atoms with E-state index < -0.39 is 0 Å². The number of anilines is 6. The van der Waals surface area contributed by atoms with Crippen LogP contribution in [0.3, 0.4) is 0 Å². The zero-order chi connectivity index (χ0) is 40.9. The summed E-state index contributed by atoms with van der Waals surface area (Å²) in [5, 5.41) is 0. The van der Waals surface area contributed by atoms with E-state index in [1.165, 1.54) is 64.1 Å². The lowest BCUT2D eigenvalue weighted by molar-refractivity contribution is 0.642. The van der Waals surface area contributed by atoms with Gasteiger partial charge in [-0.05, 0) is 142 Å². The largest absolute Gasteiger partial charge is 0.311 e. The van der Waals surface area contributed by atoms with Crippen LogP contribution in [0.15, 0.2) is 238 Å². The molecule has 2 aliphatic rings. The summed E-state index contributed by atoms with van der Waals surface area (Å²) in [6, 6.07) is 79.3. The number of rotatable bonds is 8. The van der Waals surface area contributed by atoms with Crippen LogP contribution in [0, 0.1) is 0 Å². The van der Waals surface area contributed by atoms with Gasteiger partial charge in [-0.1, -0.05) is 159 Å². The SMILES string of the molecule is CC1(C)c2cc(-c3ccc(N(c4ccc(-c5ccccc5)cc4)c4ccc(N(c5ccccc5)c5ccccc5)cc4)cc3)ccc2-c2ccc3c(c21)Sc1ccccc1S3. The highest BCUT2D eigenvalue weighted by Crippen LogP contribution is 2.59. The molecule has 9 aromatic rings. The first-order chi connectivity index (χ1) is 30.0. The molecule has 0 saturated heterocycles. The lowest BCUT2D eigenvalue weighted by atomic mass is 9.81. The van der Waals surface area contributed by atoms with Gasteiger partial charge in [0.2, 0.25) is 0 Å². The Labute approximate surface area is 367 Å². The van der Waals surface area contributed by atoms with Gasteiger partial charge in [0, 0.05) is 59.1 Å². The second kappa shape index (κ2) is 15.4. The van der Waals surface area contributed by atoms with Gasteiger partial charge in [-0.25, -0.2) is 0 Å². The van der Waals surface area contributed by atoms with Crippen molar-refractivity contribution in [3.63, 3.8) is 0 Å². The second-order valence-electron chi connectivity index (χ2n) is 16.2. The minimum absolute atomic E-state index is 0.128. The number of hydrogen-bond acceptors (Lipinski definition) is 4. The average Bonchev–Trinajstić information content (AvgIpc) is 3.56. The maximum Gasteiger partial charge on any atom is 0.0463 e. The third kappa shape index (κ3) is 6.73. The second-order valence-corrected chi connectivity index (χ2v) is 18.3. The van der Waals surface area contributed by atoms with Gasteiger partial charge < -0.3 is 9.80 Å². The molecule has 0 saturated carbocycles. The Kier molecular flexibility index (Phi) is 9.41. The van der Waals surface area contributed by atoms with Gasteiger partial charge in [0.15, 0.2) is 0 Å². The Bertz CT molecular complexity index is 2980. The number of hydrogen-bond donors (Lipinski definition) is 0. The van der Waals surface area contributed by atoms with Crippen LogP contribution in [-0.2, 0) is 5.41 Å². The predicted octanol–water partition coefficient (Wildman–Crippen LogP) is 16.9. The summed E-state index contributed by atoms with van der Waals surface area (Å²) in [4.78, 5) is 10.1. The van der Waals surface area contributed by atoms with E-state index >= 15 is 0 Å². The molecule has 292 valence electrons. The van der Waals surface area contributed by atoms with Crippen LogP contribution in [0.1, 0.15) is 25.0 Å². The molecule has 0 unspecified atom stereocenters.